The summed E-state index contributed by atoms with van der Waals surface area (Å²) in [5.41, 5.74) is 3.20. The minimum atomic E-state index is -0.782. The average molecular weight is 296 g/mol. The molecule has 1 aromatic rings. The lowest BCUT2D eigenvalue weighted by atomic mass is 9.84. The number of phenolic OH excluding ortho intramolecular Hbond substituents is 1. The van der Waals surface area contributed by atoms with E-state index >= 15 is 0 Å². The molecule has 1 aliphatic carbocycles. The Morgan fingerprint density at radius 1 is 1.35 bits per heavy atom. The maximum absolute atomic E-state index is 11.1. The predicted octanol–water partition coefficient (Wildman–Crippen LogP) is 2.66. The van der Waals surface area contributed by atoms with E-state index in [1.807, 2.05) is 6.07 Å². The van der Waals surface area contributed by atoms with Gasteiger partial charge in [-0.1, -0.05) is 11.6 Å². The second-order valence-electron chi connectivity index (χ2n) is 5.70. The summed E-state index contributed by atoms with van der Waals surface area (Å²) in [6, 6.07) is 1.75. The summed E-state index contributed by atoms with van der Waals surface area (Å²) in [7, 11) is 0. The molecule has 2 unspecified atom stereocenters. The molecule has 3 N–H and O–H groups in total. The summed E-state index contributed by atoms with van der Waals surface area (Å²) < 4.78 is 0. The lowest BCUT2D eigenvalue weighted by Crippen LogP contribution is -2.19. The van der Waals surface area contributed by atoms with Crippen molar-refractivity contribution in [2.45, 2.75) is 38.1 Å². The fraction of sp³-hybridized carbons (Fsp3) is 0.533. The molecule has 1 saturated heterocycles. The number of hydrogen-bond acceptors (Lipinski definition) is 3. The molecular formula is C15H18ClNO3. The van der Waals surface area contributed by atoms with Crippen molar-refractivity contribution in [1.82, 2.24) is 5.32 Å². The first-order valence-corrected chi connectivity index (χ1v) is 7.45. The van der Waals surface area contributed by atoms with Gasteiger partial charge in [0.15, 0.2) is 0 Å². The first-order chi connectivity index (χ1) is 9.58. The fourth-order valence-electron chi connectivity index (χ4n) is 3.41. The van der Waals surface area contributed by atoms with Gasteiger partial charge in [0.2, 0.25) is 0 Å². The van der Waals surface area contributed by atoms with Gasteiger partial charge >= 0.3 is 5.97 Å². The molecule has 3 rings (SSSR count). The first kappa shape index (κ1) is 13.7. The SMILES string of the molecule is O=C(O)C1CNC(c2c(O)c(Cl)cc3c2CCCC3)C1. The third kappa shape index (κ3) is 2.27. The van der Waals surface area contributed by atoms with Crippen molar-refractivity contribution in [3.63, 3.8) is 0 Å². The van der Waals surface area contributed by atoms with Gasteiger partial charge in [0.25, 0.3) is 0 Å². The Morgan fingerprint density at radius 3 is 2.80 bits per heavy atom. The van der Waals surface area contributed by atoms with E-state index in [1.54, 1.807) is 0 Å². The summed E-state index contributed by atoms with van der Waals surface area (Å²) in [5, 5.41) is 23.0. The number of rotatable bonds is 2. The Morgan fingerprint density at radius 2 is 2.10 bits per heavy atom. The zero-order valence-electron chi connectivity index (χ0n) is 11.2. The van der Waals surface area contributed by atoms with Crippen LogP contribution in [0.25, 0.3) is 0 Å². The fourth-order valence-corrected chi connectivity index (χ4v) is 3.64. The van der Waals surface area contributed by atoms with E-state index in [0.717, 1.165) is 31.2 Å². The zero-order chi connectivity index (χ0) is 14.3. The number of aryl methyl sites for hydroxylation is 1. The van der Waals surface area contributed by atoms with Crippen molar-refractivity contribution in [1.29, 1.82) is 0 Å². The van der Waals surface area contributed by atoms with Crippen LogP contribution in [0.1, 0.15) is 42.0 Å². The molecule has 2 atom stereocenters. The molecule has 0 radical (unpaired) electrons. The van der Waals surface area contributed by atoms with Gasteiger partial charge in [-0.3, -0.25) is 4.79 Å². The number of halogens is 1. The summed E-state index contributed by atoms with van der Waals surface area (Å²) in [6.45, 7) is 0.445. The average Bonchev–Trinajstić information content (AvgIpc) is 2.90. The molecule has 0 bridgehead atoms. The first-order valence-electron chi connectivity index (χ1n) is 7.07. The molecule has 2 aliphatic rings. The lowest BCUT2D eigenvalue weighted by Gasteiger charge is -2.24. The van der Waals surface area contributed by atoms with Crippen molar-refractivity contribution >= 4 is 17.6 Å². The standard InChI is InChI=1S/C15H18ClNO3/c16-11-5-8-3-1-2-4-10(8)13(14(11)18)12-6-9(7-17-12)15(19)20/h5,9,12,17-18H,1-4,6-7H2,(H,19,20). The molecule has 1 aromatic carbocycles. The highest BCUT2D eigenvalue weighted by Crippen LogP contribution is 2.42. The van der Waals surface area contributed by atoms with Crippen LogP contribution in [0.15, 0.2) is 6.07 Å². The van der Waals surface area contributed by atoms with Gasteiger partial charge in [-0.05, 0) is 49.3 Å². The van der Waals surface area contributed by atoms with Crippen LogP contribution in [0, 0.1) is 5.92 Å². The summed E-state index contributed by atoms with van der Waals surface area (Å²) in [5.74, 6) is -1.05. The number of fused-ring (bicyclic) bond motifs is 1. The maximum atomic E-state index is 11.1. The molecule has 108 valence electrons. The zero-order valence-corrected chi connectivity index (χ0v) is 11.9. The van der Waals surface area contributed by atoms with Crippen LogP contribution in [0.4, 0.5) is 0 Å². The minimum Gasteiger partial charge on any atom is -0.506 e. The van der Waals surface area contributed by atoms with Crippen LogP contribution < -0.4 is 5.32 Å². The van der Waals surface area contributed by atoms with E-state index in [4.69, 9.17) is 16.7 Å². The molecule has 1 fully saturated rings. The molecule has 4 nitrogen and oxygen atoms in total. The van der Waals surface area contributed by atoms with E-state index in [9.17, 15) is 9.90 Å². The molecule has 0 amide bonds. The number of carboxylic acids is 1. The molecule has 1 heterocycles. The van der Waals surface area contributed by atoms with Crippen LogP contribution in [0.5, 0.6) is 5.75 Å². The van der Waals surface area contributed by atoms with E-state index in [0.29, 0.717) is 18.0 Å². The quantitative estimate of drug-likeness (QED) is 0.784. The normalized spacial score (nSPS) is 25.4. The predicted molar refractivity (Wildman–Crippen MR) is 76.2 cm³/mol. The second kappa shape index (κ2) is 5.26. The number of benzene rings is 1. The molecule has 0 spiro atoms. The van der Waals surface area contributed by atoms with Gasteiger partial charge in [0.05, 0.1) is 10.9 Å². The summed E-state index contributed by atoms with van der Waals surface area (Å²) in [4.78, 5) is 11.1. The monoisotopic (exact) mass is 295 g/mol. The van der Waals surface area contributed by atoms with Crippen LogP contribution >= 0.6 is 11.6 Å². The van der Waals surface area contributed by atoms with Gasteiger partial charge in [-0.15, -0.1) is 0 Å². The van der Waals surface area contributed by atoms with Crippen LogP contribution in [-0.4, -0.2) is 22.7 Å². The topological polar surface area (TPSA) is 69.6 Å². The highest BCUT2D eigenvalue weighted by Gasteiger charge is 2.34. The van der Waals surface area contributed by atoms with Gasteiger partial charge in [0, 0.05) is 18.2 Å². The molecule has 1 aliphatic heterocycles. The highest BCUT2D eigenvalue weighted by molar-refractivity contribution is 6.32. The molecule has 20 heavy (non-hydrogen) atoms. The number of carboxylic acid groups (broad SMARTS) is 1. The Labute approximate surface area is 122 Å². The smallest absolute Gasteiger partial charge is 0.307 e. The van der Waals surface area contributed by atoms with E-state index in [-0.39, 0.29) is 11.8 Å². The minimum absolute atomic E-state index is 0.110. The number of aliphatic carboxylic acids is 1. The maximum Gasteiger partial charge on any atom is 0.307 e. The highest BCUT2D eigenvalue weighted by atomic mass is 35.5. The van der Waals surface area contributed by atoms with Crippen molar-refractivity contribution < 1.29 is 15.0 Å². The molecular weight excluding hydrogens is 278 g/mol. The van der Waals surface area contributed by atoms with Crippen LogP contribution in [-0.2, 0) is 17.6 Å². The molecule has 5 heteroatoms. The Bertz CT molecular complexity index is 559. The molecule has 0 aromatic heterocycles. The lowest BCUT2D eigenvalue weighted by molar-refractivity contribution is -0.141. The molecule has 0 saturated carbocycles. The number of aromatic hydroxyl groups is 1. The Kier molecular flexibility index (Phi) is 3.61. The van der Waals surface area contributed by atoms with E-state index < -0.39 is 11.9 Å². The van der Waals surface area contributed by atoms with Gasteiger partial charge in [-0.25, -0.2) is 0 Å². The van der Waals surface area contributed by atoms with Gasteiger partial charge in [0.1, 0.15) is 5.75 Å². The number of nitrogens with one attached hydrogen (secondary N) is 1. The van der Waals surface area contributed by atoms with Crippen molar-refractivity contribution in [3.05, 3.63) is 27.8 Å². The van der Waals surface area contributed by atoms with Crippen molar-refractivity contribution in [3.8, 4) is 5.75 Å². The Hall–Kier alpha value is -1.26. The van der Waals surface area contributed by atoms with Crippen molar-refractivity contribution in [2.75, 3.05) is 6.54 Å². The van der Waals surface area contributed by atoms with Gasteiger partial charge in [-0.2, -0.15) is 0 Å². The number of carbonyl (C=O) groups is 1. The largest absolute Gasteiger partial charge is 0.506 e. The third-order valence-electron chi connectivity index (χ3n) is 4.45. The Balaban J connectivity index is 2.00. The van der Waals surface area contributed by atoms with Crippen LogP contribution in [0.2, 0.25) is 5.02 Å². The summed E-state index contributed by atoms with van der Waals surface area (Å²) >= 11 is 6.13. The second-order valence-corrected chi connectivity index (χ2v) is 6.10. The third-order valence-corrected chi connectivity index (χ3v) is 4.73. The number of hydrogen-bond donors (Lipinski definition) is 3. The number of phenols is 1. The van der Waals surface area contributed by atoms with E-state index in [1.165, 1.54) is 11.1 Å². The van der Waals surface area contributed by atoms with Crippen molar-refractivity contribution in [2.24, 2.45) is 5.92 Å². The van der Waals surface area contributed by atoms with Crippen LogP contribution in [0.3, 0.4) is 0 Å². The summed E-state index contributed by atoms with van der Waals surface area (Å²) in [6.07, 6.45) is 4.68. The van der Waals surface area contributed by atoms with E-state index in [2.05, 4.69) is 5.32 Å². The van der Waals surface area contributed by atoms with Gasteiger partial charge < -0.3 is 15.5 Å².